The minimum absolute atomic E-state index is 0.0188. The minimum Gasteiger partial charge on any atom is -0.481 e. The highest BCUT2D eigenvalue weighted by Gasteiger charge is 2.42. The molecule has 0 aromatic heterocycles. The molecular weight excluding hydrogens is 408 g/mol. The van der Waals surface area contributed by atoms with Gasteiger partial charge in [-0.3, -0.25) is 9.59 Å². The third-order valence-corrected chi connectivity index (χ3v) is 6.52. The number of nitrogens with zero attached hydrogens (tertiary/aromatic N) is 1. The smallest absolute Gasteiger partial charge is 0.407 e. The predicted octanol–water partition coefficient (Wildman–Crippen LogP) is 3.77. The summed E-state index contributed by atoms with van der Waals surface area (Å²) in [6.07, 6.45) is -0.0387. The molecule has 168 valence electrons. The Kier molecular flexibility index (Phi) is 5.91. The summed E-state index contributed by atoms with van der Waals surface area (Å²) in [6, 6.07) is 15.2. The van der Waals surface area contributed by atoms with Gasteiger partial charge in [0.15, 0.2) is 0 Å². The van der Waals surface area contributed by atoms with Crippen molar-refractivity contribution in [1.29, 1.82) is 0 Å². The van der Waals surface area contributed by atoms with Crippen molar-refractivity contribution >= 4 is 18.0 Å². The van der Waals surface area contributed by atoms with Crippen molar-refractivity contribution < 1.29 is 24.2 Å². The van der Waals surface area contributed by atoms with Crippen LogP contribution in [0.3, 0.4) is 0 Å². The zero-order valence-electron chi connectivity index (χ0n) is 18.3. The highest BCUT2D eigenvalue weighted by Crippen LogP contribution is 2.44. The lowest BCUT2D eigenvalue weighted by Crippen LogP contribution is -2.63. The number of carbonyl (C=O) groups excluding carboxylic acids is 2. The molecule has 1 atom stereocenters. The van der Waals surface area contributed by atoms with Gasteiger partial charge >= 0.3 is 12.1 Å². The fraction of sp³-hybridized carbons (Fsp3) is 0.400. The minimum atomic E-state index is -1.01. The Labute approximate surface area is 187 Å². The molecule has 1 saturated heterocycles. The van der Waals surface area contributed by atoms with Crippen LogP contribution in [-0.4, -0.2) is 52.7 Å². The quantitative estimate of drug-likeness (QED) is 0.689. The normalized spacial score (nSPS) is 17.0. The number of alkyl carbamates (subject to hydrolysis) is 1. The number of aliphatic carboxylic acids is 1. The first-order valence-corrected chi connectivity index (χ1v) is 10.9. The average Bonchev–Trinajstić information content (AvgIpc) is 3.08. The summed E-state index contributed by atoms with van der Waals surface area (Å²) in [5, 5.41) is 11.7. The second kappa shape index (κ2) is 8.65. The maximum atomic E-state index is 12.9. The molecule has 0 spiro atoms. The van der Waals surface area contributed by atoms with Crippen LogP contribution in [0.2, 0.25) is 0 Å². The van der Waals surface area contributed by atoms with Crippen molar-refractivity contribution in [2.45, 2.75) is 50.6 Å². The van der Waals surface area contributed by atoms with Crippen LogP contribution in [-0.2, 0) is 14.3 Å². The van der Waals surface area contributed by atoms with E-state index in [1.807, 2.05) is 50.2 Å². The largest absolute Gasteiger partial charge is 0.481 e. The number of hydrogen-bond donors (Lipinski definition) is 2. The fourth-order valence-electron chi connectivity index (χ4n) is 4.57. The number of fused-ring (bicyclic) bond motifs is 3. The first-order valence-electron chi connectivity index (χ1n) is 10.9. The van der Waals surface area contributed by atoms with E-state index in [1.54, 1.807) is 4.90 Å². The molecule has 1 aliphatic heterocycles. The summed E-state index contributed by atoms with van der Waals surface area (Å²) in [6.45, 7) is 4.64. The van der Waals surface area contributed by atoms with Gasteiger partial charge in [0, 0.05) is 24.4 Å². The Balaban J connectivity index is 1.43. The van der Waals surface area contributed by atoms with Gasteiger partial charge < -0.3 is 20.1 Å². The Morgan fingerprint density at radius 2 is 1.69 bits per heavy atom. The Morgan fingerprint density at radius 1 is 1.09 bits per heavy atom. The lowest BCUT2D eigenvalue weighted by atomic mass is 9.87. The predicted molar refractivity (Wildman–Crippen MR) is 119 cm³/mol. The SMILES string of the molecule is CC1(C)CCN1C(=O)C(CCC(=O)O)NC(=O)OCC1c2ccccc2-c2ccccc21. The molecule has 2 aromatic carbocycles. The lowest BCUT2D eigenvalue weighted by molar-refractivity contribution is -0.147. The number of nitrogens with one attached hydrogen (secondary N) is 1. The summed E-state index contributed by atoms with van der Waals surface area (Å²) in [7, 11) is 0. The second-order valence-corrected chi connectivity index (χ2v) is 9.01. The van der Waals surface area contributed by atoms with Gasteiger partial charge in [0.2, 0.25) is 5.91 Å². The van der Waals surface area contributed by atoms with Gasteiger partial charge in [-0.25, -0.2) is 4.79 Å². The molecule has 32 heavy (non-hydrogen) atoms. The maximum absolute atomic E-state index is 12.9. The molecule has 1 fully saturated rings. The topological polar surface area (TPSA) is 95.9 Å². The molecule has 2 amide bonds. The van der Waals surface area contributed by atoms with Gasteiger partial charge in [0.25, 0.3) is 0 Å². The molecule has 7 nitrogen and oxygen atoms in total. The van der Waals surface area contributed by atoms with Crippen LogP contribution < -0.4 is 5.32 Å². The van der Waals surface area contributed by atoms with Crippen molar-refractivity contribution in [2.75, 3.05) is 13.2 Å². The summed E-state index contributed by atoms with van der Waals surface area (Å²) < 4.78 is 5.54. The number of ether oxygens (including phenoxy) is 1. The van der Waals surface area contributed by atoms with E-state index in [1.165, 1.54) is 0 Å². The first kappa shape index (κ1) is 21.9. The number of carbonyl (C=O) groups is 3. The van der Waals surface area contributed by atoms with Crippen molar-refractivity contribution in [3.63, 3.8) is 0 Å². The molecule has 4 rings (SSSR count). The van der Waals surface area contributed by atoms with E-state index in [4.69, 9.17) is 9.84 Å². The van der Waals surface area contributed by atoms with Gasteiger partial charge in [-0.15, -0.1) is 0 Å². The van der Waals surface area contributed by atoms with Crippen LogP contribution in [0, 0.1) is 0 Å². The summed E-state index contributed by atoms with van der Waals surface area (Å²) in [5.74, 6) is -1.37. The monoisotopic (exact) mass is 436 g/mol. The molecule has 0 radical (unpaired) electrons. The molecule has 0 bridgehead atoms. The van der Waals surface area contributed by atoms with Crippen molar-refractivity contribution in [3.8, 4) is 11.1 Å². The van der Waals surface area contributed by atoms with E-state index < -0.39 is 18.1 Å². The zero-order chi connectivity index (χ0) is 22.9. The summed E-state index contributed by atoms with van der Waals surface area (Å²) in [4.78, 5) is 38.3. The van der Waals surface area contributed by atoms with Gasteiger partial charge in [0.1, 0.15) is 12.6 Å². The Bertz CT molecular complexity index is 1000. The number of benzene rings is 2. The van der Waals surface area contributed by atoms with Crippen molar-refractivity contribution in [3.05, 3.63) is 59.7 Å². The van der Waals surface area contributed by atoms with Gasteiger partial charge in [-0.1, -0.05) is 48.5 Å². The number of likely N-dealkylation sites (tertiary alicyclic amines) is 1. The van der Waals surface area contributed by atoms with Crippen LogP contribution in [0.4, 0.5) is 4.79 Å². The van der Waals surface area contributed by atoms with Crippen molar-refractivity contribution in [1.82, 2.24) is 10.2 Å². The van der Waals surface area contributed by atoms with E-state index in [0.29, 0.717) is 6.54 Å². The molecule has 1 aliphatic carbocycles. The Hall–Kier alpha value is -3.35. The third kappa shape index (κ3) is 4.20. The van der Waals surface area contributed by atoms with Gasteiger partial charge in [0.05, 0.1) is 0 Å². The number of carboxylic acid groups (broad SMARTS) is 1. The standard InChI is InChI=1S/C25H28N2O5/c1-25(2)13-14-27(25)23(30)21(11-12-22(28)29)26-24(31)32-15-20-18-9-5-3-7-16(18)17-8-4-6-10-19(17)20/h3-10,20-21H,11-15H2,1-2H3,(H,26,31)(H,28,29). The summed E-state index contributed by atoms with van der Waals surface area (Å²) >= 11 is 0. The lowest BCUT2D eigenvalue weighted by Gasteiger charge is -2.49. The average molecular weight is 437 g/mol. The highest BCUT2D eigenvalue weighted by atomic mass is 16.5. The van der Waals surface area contributed by atoms with E-state index in [0.717, 1.165) is 28.7 Å². The van der Waals surface area contributed by atoms with Gasteiger partial charge in [-0.05, 0) is 48.9 Å². The van der Waals surface area contributed by atoms with Crippen LogP contribution in [0.25, 0.3) is 11.1 Å². The van der Waals surface area contributed by atoms with Crippen molar-refractivity contribution in [2.24, 2.45) is 0 Å². The first-order chi connectivity index (χ1) is 15.3. The number of hydrogen-bond acceptors (Lipinski definition) is 4. The maximum Gasteiger partial charge on any atom is 0.407 e. The van der Waals surface area contributed by atoms with E-state index in [-0.39, 0.29) is 36.8 Å². The van der Waals surface area contributed by atoms with Crippen LogP contribution in [0.5, 0.6) is 0 Å². The fourth-order valence-corrected chi connectivity index (χ4v) is 4.57. The zero-order valence-corrected chi connectivity index (χ0v) is 18.3. The molecule has 7 heteroatoms. The Morgan fingerprint density at radius 3 is 2.19 bits per heavy atom. The number of rotatable bonds is 7. The van der Waals surface area contributed by atoms with E-state index in [9.17, 15) is 14.4 Å². The van der Waals surface area contributed by atoms with Crippen LogP contribution >= 0.6 is 0 Å². The summed E-state index contributed by atoms with van der Waals surface area (Å²) in [5.41, 5.74) is 4.17. The third-order valence-electron chi connectivity index (χ3n) is 6.52. The molecule has 2 N–H and O–H groups in total. The molecule has 1 heterocycles. The molecule has 2 aromatic rings. The van der Waals surface area contributed by atoms with E-state index in [2.05, 4.69) is 17.4 Å². The van der Waals surface area contributed by atoms with Gasteiger partial charge in [-0.2, -0.15) is 0 Å². The highest BCUT2D eigenvalue weighted by molar-refractivity contribution is 5.87. The molecule has 0 saturated carbocycles. The number of amides is 2. The molecular formula is C25H28N2O5. The van der Waals surface area contributed by atoms with Crippen LogP contribution in [0.15, 0.2) is 48.5 Å². The molecule has 2 aliphatic rings. The number of carboxylic acids is 1. The van der Waals surface area contributed by atoms with Crippen LogP contribution in [0.1, 0.15) is 50.2 Å². The second-order valence-electron chi connectivity index (χ2n) is 9.01. The molecule has 1 unspecified atom stereocenters. The van der Waals surface area contributed by atoms with E-state index >= 15 is 0 Å².